The quantitative estimate of drug-likeness (QED) is 0.877. The van der Waals surface area contributed by atoms with E-state index in [-0.39, 0.29) is 6.03 Å². The van der Waals surface area contributed by atoms with Gasteiger partial charge in [0.2, 0.25) is 0 Å². The molecule has 0 aliphatic rings. The molecule has 2 aromatic carbocycles. The summed E-state index contributed by atoms with van der Waals surface area (Å²) < 4.78 is 5.11. The van der Waals surface area contributed by atoms with E-state index in [4.69, 9.17) is 4.74 Å². The van der Waals surface area contributed by atoms with E-state index < -0.39 is 0 Å². The number of para-hydroxylation sites is 1. The van der Waals surface area contributed by atoms with E-state index in [1.54, 1.807) is 25.2 Å². The lowest BCUT2D eigenvalue weighted by Gasteiger charge is -2.18. The fraction of sp³-hybridized carbons (Fsp3) is 0.125. The van der Waals surface area contributed by atoms with Crippen molar-refractivity contribution in [3.8, 4) is 5.75 Å². The van der Waals surface area contributed by atoms with Crippen molar-refractivity contribution in [3.05, 3.63) is 54.1 Å². The Bertz CT molecular complexity index is 641. The zero-order valence-corrected chi connectivity index (χ0v) is 11.9. The highest BCUT2D eigenvalue weighted by Crippen LogP contribution is 2.22. The minimum Gasteiger partial charge on any atom is -0.496 e. The van der Waals surface area contributed by atoms with Gasteiger partial charge in [0.25, 0.3) is 0 Å². The molecule has 0 fully saturated rings. The third kappa shape index (κ3) is 3.39. The number of benzene rings is 2. The zero-order valence-electron chi connectivity index (χ0n) is 11.9. The van der Waals surface area contributed by atoms with Crippen molar-refractivity contribution in [2.24, 2.45) is 0 Å². The molecule has 0 bridgehead atoms. The fourth-order valence-corrected chi connectivity index (χ4v) is 1.86. The van der Waals surface area contributed by atoms with Crippen molar-refractivity contribution in [2.75, 3.05) is 24.4 Å². The molecule has 108 valence electrons. The fourth-order valence-electron chi connectivity index (χ4n) is 1.86. The smallest absolute Gasteiger partial charge is 0.326 e. The Balaban J connectivity index is 2.14. The second-order valence-electron chi connectivity index (χ2n) is 4.40. The zero-order chi connectivity index (χ0) is 15.2. The van der Waals surface area contributed by atoms with Crippen LogP contribution in [0.1, 0.15) is 10.4 Å². The number of carbonyl (C=O) groups excluding carboxylic acids is 2. The molecule has 0 heterocycles. The first-order valence-corrected chi connectivity index (χ1v) is 6.38. The summed E-state index contributed by atoms with van der Waals surface area (Å²) in [6.45, 7) is 0. The van der Waals surface area contributed by atoms with Gasteiger partial charge in [-0.1, -0.05) is 18.2 Å². The minimum absolute atomic E-state index is 0.276. The van der Waals surface area contributed by atoms with Crippen LogP contribution in [-0.2, 0) is 0 Å². The standard InChI is InChI=1S/C16H16N2O3/c1-18(14-6-4-3-5-7-14)16(20)17-13-9-8-12(11-19)15(10-13)21-2/h3-11H,1-2H3,(H,17,20). The van der Waals surface area contributed by atoms with Crippen molar-refractivity contribution in [3.63, 3.8) is 0 Å². The maximum atomic E-state index is 12.2. The van der Waals surface area contributed by atoms with Crippen molar-refractivity contribution in [1.82, 2.24) is 0 Å². The van der Waals surface area contributed by atoms with Crippen LogP contribution in [0.5, 0.6) is 5.75 Å². The van der Waals surface area contributed by atoms with Gasteiger partial charge in [-0.3, -0.25) is 9.69 Å². The van der Waals surface area contributed by atoms with Crippen LogP contribution in [0.3, 0.4) is 0 Å². The number of nitrogens with one attached hydrogen (secondary N) is 1. The maximum Gasteiger partial charge on any atom is 0.326 e. The number of methoxy groups -OCH3 is 1. The Labute approximate surface area is 123 Å². The van der Waals surface area contributed by atoms with Crippen molar-refractivity contribution in [1.29, 1.82) is 0 Å². The highest BCUT2D eigenvalue weighted by molar-refractivity contribution is 6.01. The molecule has 2 amide bonds. The average Bonchev–Trinajstić information content (AvgIpc) is 2.54. The first-order chi connectivity index (χ1) is 10.2. The van der Waals surface area contributed by atoms with Gasteiger partial charge >= 0.3 is 6.03 Å². The van der Waals surface area contributed by atoms with Crippen LogP contribution in [0.15, 0.2) is 48.5 Å². The first-order valence-electron chi connectivity index (χ1n) is 6.38. The third-order valence-corrected chi connectivity index (χ3v) is 3.06. The summed E-state index contributed by atoms with van der Waals surface area (Å²) in [7, 11) is 3.16. The van der Waals surface area contributed by atoms with E-state index in [0.29, 0.717) is 23.3 Å². The molecule has 0 atom stereocenters. The van der Waals surface area contributed by atoms with Gasteiger partial charge in [-0.2, -0.15) is 0 Å². The van der Waals surface area contributed by atoms with E-state index in [1.165, 1.54) is 12.0 Å². The molecule has 5 nitrogen and oxygen atoms in total. The Kier molecular flexibility index (Phi) is 4.56. The van der Waals surface area contributed by atoms with E-state index in [0.717, 1.165) is 5.69 Å². The molecule has 0 radical (unpaired) electrons. The van der Waals surface area contributed by atoms with E-state index in [9.17, 15) is 9.59 Å². The highest BCUT2D eigenvalue weighted by Gasteiger charge is 2.11. The van der Waals surface area contributed by atoms with Crippen LogP contribution in [0.25, 0.3) is 0 Å². The van der Waals surface area contributed by atoms with Crippen LogP contribution < -0.4 is 15.0 Å². The van der Waals surface area contributed by atoms with Crippen molar-refractivity contribution >= 4 is 23.7 Å². The van der Waals surface area contributed by atoms with Crippen molar-refractivity contribution < 1.29 is 14.3 Å². The number of anilines is 2. The molecular formula is C16H16N2O3. The van der Waals surface area contributed by atoms with Gasteiger partial charge in [-0.05, 0) is 24.3 Å². The van der Waals surface area contributed by atoms with Gasteiger partial charge in [-0.15, -0.1) is 0 Å². The Hall–Kier alpha value is -2.82. The van der Waals surface area contributed by atoms with Gasteiger partial charge in [-0.25, -0.2) is 4.79 Å². The van der Waals surface area contributed by atoms with Gasteiger partial charge < -0.3 is 10.1 Å². The molecule has 0 aromatic heterocycles. The molecule has 0 saturated heterocycles. The number of hydrogen-bond donors (Lipinski definition) is 1. The summed E-state index contributed by atoms with van der Waals surface area (Å²) in [4.78, 5) is 24.5. The molecule has 2 aromatic rings. The molecule has 1 N–H and O–H groups in total. The number of ether oxygens (including phenoxy) is 1. The van der Waals surface area contributed by atoms with Crippen LogP contribution in [0.4, 0.5) is 16.2 Å². The molecule has 0 aliphatic heterocycles. The normalized spacial score (nSPS) is 9.81. The second-order valence-corrected chi connectivity index (χ2v) is 4.40. The summed E-state index contributed by atoms with van der Waals surface area (Å²) in [5.74, 6) is 0.421. The maximum absolute atomic E-state index is 12.2. The predicted molar refractivity (Wildman–Crippen MR) is 82.2 cm³/mol. The number of hydrogen-bond acceptors (Lipinski definition) is 3. The van der Waals surface area contributed by atoms with Gasteiger partial charge in [0, 0.05) is 24.5 Å². The third-order valence-electron chi connectivity index (χ3n) is 3.06. The molecule has 5 heteroatoms. The Morgan fingerprint density at radius 3 is 2.52 bits per heavy atom. The number of aldehydes is 1. The largest absolute Gasteiger partial charge is 0.496 e. The van der Waals surface area contributed by atoms with Crippen LogP contribution >= 0.6 is 0 Å². The summed E-state index contributed by atoms with van der Waals surface area (Å²) >= 11 is 0. The van der Waals surface area contributed by atoms with Gasteiger partial charge in [0.05, 0.1) is 12.7 Å². The number of carbonyl (C=O) groups is 2. The predicted octanol–water partition coefficient (Wildman–Crippen LogP) is 3.18. The van der Waals surface area contributed by atoms with Gasteiger partial charge in [0.1, 0.15) is 5.75 Å². The number of nitrogens with zero attached hydrogens (tertiary/aromatic N) is 1. The minimum atomic E-state index is -0.276. The van der Waals surface area contributed by atoms with E-state index in [2.05, 4.69) is 5.32 Å². The van der Waals surface area contributed by atoms with Crippen LogP contribution in [-0.4, -0.2) is 26.5 Å². The Morgan fingerprint density at radius 1 is 1.19 bits per heavy atom. The molecule has 21 heavy (non-hydrogen) atoms. The lowest BCUT2D eigenvalue weighted by molar-refractivity contribution is 0.112. The number of urea groups is 1. The molecular weight excluding hydrogens is 268 g/mol. The van der Waals surface area contributed by atoms with Crippen LogP contribution in [0.2, 0.25) is 0 Å². The lowest BCUT2D eigenvalue weighted by Crippen LogP contribution is -2.31. The first kappa shape index (κ1) is 14.6. The Morgan fingerprint density at radius 2 is 1.90 bits per heavy atom. The van der Waals surface area contributed by atoms with Crippen molar-refractivity contribution in [2.45, 2.75) is 0 Å². The second kappa shape index (κ2) is 6.56. The van der Waals surface area contributed by atoms with E-state index >= 15 is 0 Å². The van der Waals surface area contributed by atoms with Crippen LogP contribution in [0, 0.1) is 0 Å². The summed E-state index contributed by atoms with van der Waals surface area (Å²) in [6.07, 6.45) is 0.709. The van der Waals surface area contributed by atoms with E-state index in [1.807, 2.05) is 30.3 Å². The summed E-state index contributed by atoms with van der Waals surface area (Å²) in [5.41, 5.74) is 1.78. The topological polar surface area (TPSA) is 58.6 Å². The van der Waals surface area contributed by atoms with Gasteiger partial charge in [0.15, 0.2) is 6.29 Å². The average molecular weight is 284 g/mol. The monoisotopic (exact) mass is 284 g/mol. The number of rotatable bonds is 4. The highest BCUT2D eigenvalue weighted by atomic mass is 16.5. The molecule has 0 unspecified atom stereocenters. The summed E-state index contributed by atoms with van der Waals surface area (Å²) in [6, 6.07) is 13.9. The molecule has 0 saturated carbocycles. The molecule has 0 spiro atoms. The number of amides is 2. The molecule has 2 rings (SSSR count). The SMILES string of the molecule is COc1cc(NC(=O)N(C)c2ccccc2)ccc1C=O. The summed E-state index contributed by atoms with van der Waals surface area (Å²) in [5, 5.41) is 2.76. The molecule has 0 aliphatic carbocycles. The lowest BCUT2D eigenvalue weighted by atomic mass is 10.2.